The van der Waals surface area contributed by atoms with Crippen molar-refractivity contribution in [1.82, 2.24) is 14.8 Å². The molecule has 9 heteroatoms. The average Bonchev–Trinajstić information content (AvgIpc) is 3.50. The molecule has 3 aromatic rings. The van der Waals surface area contributed by atoms with Crippen molar-refractivity contribution in [2.45, 2.75) is 19.6 Å². The Balaban J connectivity index is 1.33. The highest BCUT2D eigenvalue weighted by atomic mass is 19.1. The van der Waals surface area contributed by atoms with E-state index in [-0.39, 0.29) is 24.2 Å². The van der Waals surface area contributed by atoms with E-state index in [1.807, 2.05) is 23.1 Å². The molecular formula is C24H24FN3O5. The van der Waals surface area contributed by atoms with Gasteiger partial charge in [-0.3, -0.25) is 9.69 Å². The van der Waals surface area contributed by atoms with Crippen molar-refractivity contribution in [3.05, 3.63) is 77.3 Å². The summed E-state index contributed by atoms with van der Waals surface area (Å²) in [5.74, 6) is 1.34. The summed E-state index contributed by atoms with van der Waals surface area (Å²) in [5.41, 5.74) is 1.81. The number of oxazole rings is 1. The van der Waals surface area contributed by atoms with E-state index in [9.17, 15) is 9.18 Å². The monoisotopic (exact) mass is 453 g/mol. The van der Waals surface area contributed by atoms with Crippen LogP contribution in [0.25, 0.3) is 0 Å². The molecule has 2 aliphatic rings. The van der Waals surface area contributed by atoms with Gasteiger partial charge >= 0.3 is 0 Å². The lowest BCUT2D eigenvalue weighted by molar-refractivity contribution is 0.0299. The maximum atomic E-state index is 14.4. The van der Waals surface area contributed by atoms with E-state index in [2.05, 4.69) is 4.98 Å². The lowest BCUT2D eigenvalue weighted by Crippen LogP contribution is -2.40. The number of halogens is 1. The fraction of sp³-hybridized carbons (Fsp3) is 0.333. The van der Waals surface area contributed by atoms with Crippen LogP contribution in [-0.4, -0.2) is 53.8 Å². The smallest absolute Gasteiger partial charge is 0.275 e. The lowest BCUT2D eigenvalue weighted by Gasteiger charge is -2.25. The number of rotatable bonds is 7. The summed E-state index contributed by atoms with van der Waals surface area (Å²) >= 11 is 0. The van der Waals surface area contributed by atoms with Crippen LogP contribution in [0.1, 0.15) is 27.5 Å². The molecule has 0 radical (unpaired) electrons. The number of amides is 1. The Morgan fingerprint density at radius 3 is 2.70 bits per heavy atom. The largest absolute Gasteiger partial charge is 0.454 e. The quantitative estimate of drug-likeness (QED) is 0.544. The average molecular weight is 453 g/mol. The zero-order valence-electron chi connectivity index (χ0n) is 18.0. The highest BCUT2D eigenvalue weighted by Crippen LogP contribution is 2.33. The van der Waals surface area contributed by atoms with Gasteiger partial charge in [0.1, 0.15) is 12.1 Å². The molecule has 2 aromatic carbocycles. The van der Waals surface area contributed by atoms with Crippen LogP contribution in [0.2, 0.25) is 0 Å². The molecule has 33 heavy (non-hydrogen) atoms. The van der Waals surface area contributed by atoms with Crippen LogP contribution in [0.15, 0.2) is 53.1 Å². The van der Waals surface area contributed by atoms with E-state index in [0.717, 1.165) is 5.56 Å². The number of carbonyl (C=O) groups excluding carboxylic acids is 1. The second-order valence-corrected chi connectivity index (χ2v) is 7.96. The number of carbonyl (C=O) groups is 1. The molecule has 0 aliphatic carbocycles. The topological polar surface area (TPSA) is 77.3 Å². The standard InChI is InChI=1S/C24H24FN3O5/c25-19-4-2-1-3-18(19)13-27(12-17-5-6-21-22(11-17)33-16-32-21)14-23-26-20(15-31-23)24(29)28-7-9-30-10-8-28/h1-6,11,15H,7-10,12-14,16H2. The molecule has 1 saturated heterocycles. The van der Waals surface area contributed by atoms with Gasteiger partial charge in [-0.25, -0.2) is 9.37 Å². The van der Waals surface area contributed by atoms with Crippen LogP contribution in [0.5, 0.6) is 11.5 Å². The predicted octanol–water partition coefficient (Wildman–Crippen LogP) is 3.22. The van der Waals surface area contributed by atoms with Gasteiger partial charge in [0.25, 0.3) is 5.91 Å². The number of ether oxygens (including phenoxy) is 3. The fourth-order valence-electron chi connectivity index (χ4n) is 3.93. The molecule has 3 heterocycles. The van der Waals surface area contributed by atoms with Crippen molar-refractivity contribution >= 4 is 5.91 Å². The van der Waals surface area contributed by atoms with Crippen molar-refractivity contribution < 1.29 is 27.8 Å². The summed E-state index contributed by atoms with van der Waals surface area (Å²) in [5, 5.41) is 0. The number of fused-ring (bicyclic) bond motifs is 1. The maximum absolute atomic E-state index is 14.4. The number of nitrogens with zero attached hydrogens (tertiary/aromatic N) is 3. The van der Waals surface area contributed by atoms with Crippen molar-refractivity contribution in [2.75, 3.05) is 33.1 Å². The molecular weight excluding hydrogens is 429 g/mol. The summed E-state index contributed by atoms with van der Waals surface area (Å²) in [6.45, 7) is 3.45. The Morgan fingerprint density at radius 2 is 1.85 bits per heavy atom. The first-order chi connectivity index (χ1) is 16.2. The van der Waals surface area contributed by atoms with Crippen molar-refractivity contribution in [3.8, 4) is 11.5 Å². The zero-order valence-corrected chi connectivity index (χ0v) is 18.0. The Bertz CT molecular complexity index is 1130. The second kappa shape index (κ2) is 9.60. The van der Waals surface area contributed by atoms with Crippen LogP contribution in [-0.2, 0) is 24.4 Å². The third-order valence-corrected chi connectivity index (χ3v) is 5.62. The van der Waals surface area contributed by atoms with Crippen molar-refractivity contribution in [3.63, 3.8) is 0 Å². The highest BCUT2D eigenvalue weighted by molar-refractivity contribution is 5.92. The molecule has 0 bridgehead atoms. The van der Waals surface area contributed by atoms with E-state index >= 15 is 0 Å². The molecule has 2 aliphatic heterocycles. The third kappa shape index (κ3) is 4.99. The van der Waals surface area contributed by atoms with Crippen LogP contribution in [0, 0.1) is 5.82 Å². The molecule has 1 aromatic heterocycles. The number of hydrogen-bond acceptors (Lipinski definition) is 7. The van der Waals surface area contributed by atoms with Gasteiger partial charge in [-0.2, -0.15) is 0 Å². The third-order valence-electron chi connectivity index (χ3n) is 5.62. The summed E-state index contributed by atoms with van der Waals surface area (Å²) in [4.78, 5) is 20.8. The first kappa shape index (κ1) is 21.4. The van der Waals surface area contributed by atoms with Gasteiger partial charge < -0.3 is 23.5 Å². The molecule has 5 rings (SSSR count). The Morgan fingerprint density at radius 1 is 1.03 bits per heavy atom. The van der Waals surface area contributed by atoms with Gasteiger partial charge in [-0.05, 0) is 23.8 Å². The molecule has 1 fully saturated rings. The van der Waals surface area contributed by atoms with E-state index in [1.54, 1.807) is 23.1 Å². The highest BCUT2D eigenvalue weighted by Gasteiger charge is 2.23. The van der Waals surface area contributed by atoms with E-state index < -0.39 is 0 Å². The lowest BCUT2D eigenvalue weighted by atomic mass is 10.1. The number of benzene rings is 2. The molecule has 0 N–H and O–H groups in total. The summed E-state index contributed by atoms with van der Waals surface area (Å²) in [7, 11) is 0. The summed E-state index contributed by atoms with van der Waals surface area (Å²) < 4.78 is 36.1. The van der Waals surface area contributed by atoms with Crippen LogP contribution >= 0.6 is 0 Å². The maximum Gasteiger partial charge on any atom is 0.275 e. The van der Waals surface area contributed by atoms with Gasteiger partial charge in [0.05, 0.1) is 19.8 Å². The first-order valence-electron chi connectivity index (χ1n) is 10.8. The minimum atomic E-state index is -0.274. The molecule has 0 atom stereocenters. The normalized spacial score (nSPS) is 15.3. The van der Waals surface area contributed by atoms with Crippen LogP contribution in [0.3, 0.4) is 0 Å². The summed E-state index contributed by atoms with van der Waals surface area (Å²) in [6.07, 6.45) is 1.38. The van der Waals surface area contributed by atoms with E-state index in [0.29, 0.717) is 68.9 Å². The molecule has 0 saturated carbocycles. The SMILES string of the molecule is O=C(c1coc(CN(Cc2ccc3c(c2)OCO3)Cc2ccccc2F)n1)N1CCOCC1. The molecule has 0 unspecified atom stereocenters. The number of aromatic nitrogens is 1. The number of hydrogen-bond donors (Lipinski definition) is 0. The van der Waals surface area contributed by atoms with E-state index in [4.69, 9.17) is 18.6 Å². The van der Waals surface area contributed by atoms with Crippen LogP contribution in [0.4, 0.5) is 4.39 Å². The molecule has 1 amide bonds. The van der Waals surface area contributed by atoms with E-state index in [1.165, 1.54) is 12.3 Å². The second-order valence-electron chi connectivity index (χ2n) is 7.96. The molecule has 0 spiro atoms. The molecule has 8 nitrogen and oxygen atoms in total. The van der Waals surface area contributed by atoms with Crippen molar-refractivity contribution in [2.24, 2.45) is 0 Å². The fourth-order valence-corrected chi connectivity index (χ4v) is 3.93. The van der Waals surface area contributed by atoms with Crippen molar-refractivity contribution in [1.29, 1.82) is 0 Å². The zero-order chi connectivity index (χ0) is 22.6. The van der Waals surface area contributed by atoms with Gasteiger partial charge in [0.15, 0.2) is 17.2 Å². The first-order valence-corrected chi connectivity index (χ1v) is 10.8. The Kier molecular flexibility index (Phi) is 6.23. The van der Waals surface area contributed by atoms with Gasteiger partial charge in [-0.15, -0.1) is 0 Å². The Hall–Kier alpha value is -3.43. The Labute approximate surface area is 190 Å². The molecule has 172 valence electrons. The van der Waals surface area contributed by atoms with Gasteiger partial charge in [0, 0.05) is 31.7 Å². The van der Waals surface area contributed by atoms with Gasteiger partial charge in [0.2, 0.25) is 12.7 Å². The minimum absolute atomic E-state index is 0.176. The van der Waals surface area contributed by atoms with Crippen LogP contribution < -0.4 is 9.47 Å². The number of morpholine rings is 1. The predicted molar refractivity (Wildman–Crippen MR) is 115 cm³/mol. The van der Waals surface area contributed by atoms with Gasteiger partial charge in [-0.1, -0.05) is 24.3 Å². The summed E-state index contributed by atoms with van der Waals surface area (Å²) in [6, 6.07) is 12.4. The minimum Gasteiger partial charge on any atom is -0.454 e.